The second kappa shape index (κ2) is 7.42. The van der Waals surface area contributed by atoms with Crippen molar-refractivity contribution >= 4 is 44.8 Å². The van der Waals surface area contributed by atoms with Gasteiger partial charge in [0.25, 0.3) is 15.9 Å². The number of nitrogens with one attached hydrogen (secondary N) is 1. The maximum absolute atomic E-state index is 13.3. The predicted molar refractivity (Wildman–Crippen MR) is 98.8 cm³/mol. The summed E-state index contributed by atoms with van der Waals surface area (Å²) in [6, 6.07) is 7.41. The quantitative estimate of drug-likeness (QED) is 0.812. The first-order valence-corrected chi connectivity index (χ1v) is 10.1. The monoisotopic (exact) mass is 416 g/mol. The number of carbonyl (C=O) groups is 1. The Morgan fingerprint density at radius 3 is 2.42 bits per heavy atom. The number of anilines is 1. The highest BCUT2D eigenvalue weighted by atomic mass is 35.5. The number of carbonyl (C=O) groups excluding carboxylic acids is 1. The van der Waals surface area contributed by atoms with Crippen molar-refractivity contribution in [3.63, 3.8) is 0 Å². The summed E-state index contributed by atoms with van der Waals surface area (Å²) in [5.41, 5.74) is 0.267. The summed E-state index contributed by atoms with van der Waals surface area (Å²) in [5, 5.41) is 0.0117. The molecular formula is C17H15Cl2FN2O3S. The fourth-order valence-corrected chi connectivity index (χ4v) is 4.24. The zero-order valence-electron chi connectivity index (χ0n) is 13.5. The van der Waals surface area contributed by atoms with Crippen molar-refractivity contribution in [2.24, 2.45) is 0 Å². The average molecular weight is 417 g/mol. The Balaban J connectivity index is 1.96. The summed E-state index contributed by atoms with van der Waals surface area (Å²) in [7, 11) is -4.06. The number of rotatable bonds is 4. The lowest BCUT2D eigenvalue weighted by atomic mass is 10.1. The Hall–Kier alpha value is -1.83. The molecule has 0 atom stereocenters. The van der Waals surface area contributed by atoms with Crippen molar-refractivity contribution in [3.05, 3.63) is 57.8 Å². The molecule has 5 nitrogen and oxygen atoms in total. The van der Waals surface area contributed by atoms with Gasteiger partial charge in [-0.2, -0.15) is 0 Å². The number of nitrogens with zero attached hydrogens (tertiary/aromatic N) is 1. The van der Waals surface area contributed by atoms with E-state index in [0.717, 1.165) is 31.0 Å². The van der Waals surface area contributed by atoms with Crippen molar-refractivity contribution in [3.8, 4) is 0 Å². The van der Waals surface area contributed by atoms with Crippen molar-refractivity contribution in [1.29, 1.82) is 0 Å². The molecule has 0 unspecified atom stereocenters. The van der Waals surface area contributed by atoms with Crippen LogP contribution in [0.3, 0.4) is 0 Å². The summed E-state index contributed by atoms with van der Waals surface area (Å²) < 4.78 is 40.8. The number of sulfonamides is 1. The van der Waals surface area contributed by atoms with Crippen LogP contribution < -0.4 is 4.72 Å². The first-order chi connectivity index (χ1) is 12.3. The van der Waals surface area contributed by atoms with Crippen LogP contribution in [0.1, 0.15) is 23.2 Å². The van der Waals surface area contributed by atoms with Crippen molar-refractivity contribution in [2.75, 3.05) is 17.8 Å². The van der Waals surface area contributed by atoms with Gasteiger partial charge in [-0.05, 0) is 49.2 Å². The van der Waals surface area contributed by atoms with Gasteiger partial charge in [0.2, 0.25) is 0 Å². The molecule has 2 aromatic carbocycles. The van der Waals surface area contributed by atoms with Crippen LogP contribution in [0.15, 0.2) is 41.3 Å². The third-order valence-electron chi connectivity index (χ3n) is 4.05. The van der Waals surface area contributed by atoms with Gasteiger partial charge in [-0.25, -0.2) is 12.8 Å². The summed E-state index contributed by atoms with van der Waals surface area (Å²) in [4.78, 5) is 14.1. The van der Waals surface area contributed by atoms with E-state index >= 15 is 0 Å². The van der Waals surface area contributed by atoms with E-state index in [0.29, 0.717) is 18.1 Å². The van der Waals surface area contributed by atoms with Gasteiger partial charge in [-0.15, -0.1) is 0 Å². The van der Waals surface area contributed by atoms with E-state index in [4.69, 9.17) is 23.2 Å². The molecule has 0 bridgehead atoms. The molecule has 1 heterocycles. The van der Waals surface area contributed by atoms with Gasteiger partial charge in [0.15, 0.2) is 0 Å². The van der Waals surface area contributed by atoms with E-state index < -0.39 is 15.8 Å². The lowest BCUT2D eigenvalue weighted by Crippen LogP contribution is -2.29. The molecule has 1 fully saturated rings. The van der Waals surface area contributed by atoms with Crippen LogP contribution in [-0.2, 0) is 10.0 Å². The fraction of sp³-hybridized carbons (Fsp3) is 0.235. The van der Waals surface area contributed by atoms with Crippen LogP contribution in [0.2, 0.25) is 10.0 Å². The van der Waals surface area contributed by atoms with Gasteiger partial charge in [0.1, 0.15) is 5.82 Å². The molecule has 0 spiro atoms. The van der Waals surface area contributed by atoms with E-state index in [1.165, 1.54) is 18.2 Å². The molecule has 3 rings (SSSR count). The first kappa shape index (κ1) is 18.9. The molecule has 1 amide bonds. The van der Waals surface area contributed by atoms with Crippen LogP contribution >= 0.6 is 23.2 Å². The molecule has 2 aromatic rings. The lowest BCUT2D eigenvalue weighted by molar-refractivity contribution is 0.0794. The molecule has 0 saturated carbocycles. The first-order valence-electron chi connectivity index (χ1n) is 7.84. The number of halogens is 3. The molecule has 138 valence electrons. The average Bonchev–Trinajstić information content (AvgIpc) is 3.12. The van der Waals surface area contributed by atoms with Gasteiger partial charge < -0.3 is 4.90 Å². The molecule has 1 N–H and O–H groups in total. The molecule has 0 radical (unpaired) electrons. The van der Waals surface area contributed by atoms with Crippen molar-refractivity contribution in [2.45, 2.75) is 17.7 Å². The van der Waals surface area contributed by atoms with Crippen LogP contribution in [0.5, 0.6) is 0 Å². The third kappa shape index (κ3) is 3.95. The zero-order chi connectivity index (χ0) is 18.9. The largest absolute Gasteiger partial charge is 0.339 e. The number of amides is 1. The molecule has 26 heavy (non-hydrogen) atoms. The summed E-state index contributed by atoms with van der Waals surface area (Å²) in [6.07, 6.45) is 1.81. The molecule has 0 aliphatic carbocycles. The van der Waals surface area contributed by atoms with Crippen LogP contribution in [0.4, 0.5) is 10.1 Å². The lowest BCUT2D eigenvalue weighted by Gasteiger charge is -2.18. The third-order valence-corrected chi connectivity index (χ3v) is 5.94. The fourth-order valence-electron chi connectivity index (χ4n) is 2.72. The topological polar surface area (TPSA) is 66.5 Å². The van der Waals surface area contributed by atoms with Crippen LogP contribution in [-0.4, -0.2) is 32.3 Å². The minimum Gasteiger partial charge on any atom is -0.339 e. The second-order valence-corrected chi connectivity index (χ2v) is 8.40. The summed E-state index contributed by atoms with van der Waals surface area (Å²) >= 11 is 11.7. The van der Waals surface area contributed by atoms with Gasteiger partial charge in [-0.1, -0.05) is 23.2 Å². The van der Waals surface area contributed by atoms with Gasteiger partial charge in [0.05, 0.1) is 21.2 Å². The predicted octanol–water partition coefficient (Wildman–Crippen LogP) is 4.17. The Kier molecular flexibility index (Phi) is 5.41. The van der Waals surface area contributed by atoms with Crippen LogP contribution in [0, 0.1) is 5.82 Å². The minimum absolute atomic E-state index is 0.103. The molecule has 1 aliphatic rings. The van der Waals surface area contributed by atoms with E-state index in [1.54, 1.807) is 4.90 Å². The number of likely N-dealkylation sites (tertiary alicyclic amines) is 1. The van der Waals surface area contributed by atoms with E-state index in [9.17, 15) is 17.6 Å². The molecular weight excluding hydrogens is 402 g/mol. The van der Waals surface area contributed by atoms with E-state index in [-0.39, 0.29) is 27.1 Å². The maximum atomic E-state index is 13.3. The smallest absolute Gasteiger partial charge is 0.261 e. The van der Waals surface area contributed by atoms with Gasteiger partial charge in [0, 0.05) is 18.1 Å². The van der Waals surface area contributed by atoms with Crippen molar-refractivity contribution < 1.29 is 17.6 Å². The zero-order valence-corrected chi connectivity index (χ0v) is 15.8. The molecule has 9 heteroatoms. The highest BCUT2D eigenvalue weighted by Crippen LogP contribution is 2.27. The van der Waals surface area contributed by atoms with E-state index in [2.05, 4.69) is 4.72 Å². The standard InChI is InChI=1S/C17H15Cl2FN2O3S/c18-11-3-6-16(13(9-11)17(23)22-7-1-2-8-22)21-26(24,25)12-4-5-15(20)14(19)10-12/h3-6,9-10,21H,1-2,7-8H2. The normalized spacial score (nSPS) is 14.5. The Bertz CT molecular complexity index is 960. The number of hydrogen-bond donors (Lipinski definition) is 1. The van der Waals surface area contributed by atoms with Crippen LogP contribution in [0.25, 0.3) is 0 Å². The molecule has 1 saturated heterocycles. The number of hydrogen-bond acceptors (Lipinski definition) is 3. The molecule has 0 aromatic heterocycles. The van der Waals surface area contributed by atoms with Gasteiger partial charge in [-0.3, -0.25) is 9.52 Å². The second-order valence-electron chi connectivity index (χ2n) is 5.87. The summed E-state index contributed by atoms with van der Waals surface area (Å²) in [5.74, 6) is -1.01. The van der Waals surface area contributed by atoms with E-state index in [1.807, 2.05) is 0 Å². The maximum Gasteiger partial charge on any atom is 0.261 e. The Morgan fingerprint density at radius 2 is 1.77 bits per heavy atom. The Labute approximate surface area is 160 Å². The molecule has 1 aliphatic heterocycles. The van der Waals surface area contributed by atoms with Crippen molar-refractivity contribution in [1.82, 2.24) is 4.90 Å². The summed E-state index contributed by atoms with van der Waals surface area (Å²) in [6.45, 7) is 1.23. The minimum atomic E-state index is -4.06. The highest BCUT2D eigenvalue weighted by molar-refractivity contribution is 7.92. The van der Waals surface area contributed by atoms with Gasteiger partial charge >= 0.3 is 0 Å². The SMILES string of the molecule is O=C(c1cc(Cl)ccc1NS(=O)(=O)c1ccc(F)c(Cl)c1)N1CCCC1. The number of benzene rings is 2. The highest BCUT2D eigenvalue weighted by Gasteiger charge is 2.25. The Morgan fingerprint density at radius 1 is 1.08 bits per heavy atom.